The lowest BCUT2D eigenvalue weighted by Gasteiger charge is -2.31. The van der Waals surface area contributed by atoms with Gasteiger partial charge in [-0.05, 0) is 37.8 Å². The minimum absolute atomic E-state index is 0.143. The summed E-state index contributed by atoms with van der Waals surface area (Å²) in [5.41, 5.74) is 2.38. The van der Waals surface area contributed by atoms with Crippen LogP contribution in [0.3, 0.4) is 0 Å². The number of hydrogen-bond donors (Lipinski definition) is 1. The zero-order valence-electron chi connectivity index (χ0n) is 14.3. The highest BCUT2D eigenvalue weighted by atomic mass is 16.1. The van der Waals surface area contributed by atoms with Gasteiger partial charge in [-0.15, -0.1) is 0 Å². The summed E-state index contributed by atoms with van der Waals surface area (Å²) in [6, 6.07) is 7.48. The number of benzene rings is 1. The molecule has 1 N–H and O–H groups in total. The smallest absolute Gasteiger partial charge is 0.255 e. The van der Waals surface area contributed by atoms with Gasteiger partial charge in [0.15, 0.2) is 0 Å². The molecule has 0 atom stereocenters. The Balaban J connectivity index is 1.60. The van der Waals surface area contributed by atoms with E-state index in [-0.39, 0.29) is 5.91 Å². The molecule has 0 spiro atoms. The number of carbonyl (C=O) groups excluding carboxylic acids is 1. The molecule has 0 radical (unpaired) electrons. The number of rotatable bonds is 4. The Hall–Kier alpha value is -2.43. The molecule has 1 aromatic carbocycles. The van der Waals surface area contributed by atoms with Crippen LogP contribution in [0.15, 0.2) is 36.7 Å². The van der Waals surface area contributed by atoms with Gasteiger partial charge in [0.25, 0.3) is 5.91 Å². The molecule has 3 rings (SSSR count). The molecule has 5 nitrogen and oxygen atoms in total. The number of anilines is 2. The lowest BCUT2D eigenvalue weighted by atomic mass is 9.95. The molecule has 24 heavy (non-hydrogen) atoms. The van der Waals surface area contributed by atoms with Crippen molar-refractivity contribution in [3.8, 4) is 0 Å². The van der Waals surface area contributed by atoms with Crippen LogP contribution >= 0.6 is 0 Å². The summed E-state index contributed by atoms with van der Waals surface area (Å²) >= 11 is 0. The lowest BCUT2D eigenvalue weighted by molar-refractivity contribution is 0.102. The zero-order valence-corrected chi connectivity index (χ0v) is 14.3. The topological polar surface area (TPSA) is 58.1 Å². The van der Waals surface area contributed by atoms with Crippen LogP contribution in [-0.2, 0) is 0 Å². The van der Waals surface area contributed by atoms with Crippen molar-refractivity contribution in [2.24, 2.45) is 5.92 Å². The van der Waals surface area contributed by atoms with Crippen LogP contribution in [0.1, 0.15) is 42.1 Å². The number of nitrogens with zero attached hydrogens (tertiary/aromatic N) is 3. The quantitative estimate of drug-likeness (QED) is 0.932. The number of amides is 1. The van der Waals surface area contributed by atoms with Crippen molar-refractivity contribution >= 4 is 17.5 Å². The molecular formula is C19H24N4O. The summed E-state index contributed by atoms with van der Waals surface area (Å²) in [4.78, 5) is 23.3. The van der Waals surface area contributed by atoms with E-state index in [0.29, 0.717) is 11.3 Å². The maximum Gasteiger partial charge on any atom is 0.255 e. The van der Waals surface area contributed by atoms with Gasteiger partial charge in [-0.25, -0.2) is 9.97 Å². The third kappa shape index (κ3) is 3.91. The number of carbonyl (C=O) groups is 1. The summed E-state index contributed by atoms with van der Waals surface area (Å²) in [6.45, 7) is 6.26. The van der Waals surface area contributed by atoms with Gasteiger partial charge >= 0.3 is 0 Å². The average molecular weight is 324 g/mol. The normalized spacial score (nSPS) is 15.3. The second-order valence-electron chi connectivity index (χ2n) is 6.43. The number of hydrogen-bond acceptors (Lipinski definition) is 4. The second-order valence-corrected chi connectivity index (χ2v) is 6.43. The largest absolute Gasteiger partial charge is 0.341 e. The van der Waals surface area contributed by atoms with Crippen molar-refractivity contribution in [3.63, 3.8) is 0 Å². The molecule has 126 valence electrons. The summed E-state index contributed by atoms with van der Waals surface area (Å²) in [6.07, 6.45) is 7.01. The Morgan fingerprint density at radius 3 is 2.38 bits per heavy atom. The molecule has 1 aliphatic heterocycles. The molecule has 0 saturated carbocycles. The van der Waals surface area contributed by atoms with E-state index < -0.39 is 0 Å². The van der Waals surface area contributed by atoms with E-state index in [1.807, 2.05) is 31.2 Å². The minimum atomic E-state index is -0.143. The zero-order chi connectivity index (χ0) is 16.9. The number of nitrogens with one attached hydrogen (secondary N) is 1. The first-order chi connectivity index (χ1) is 11.7. The van der Waals surface area contributed by atoms with Gasteiger partial charge < -0.3 is 10.2 Å². The Labute approximate surface area is 143 Å². The standard InChI is InChI=1S/C19H24N4O/c1-3-15-8-10-23(11-9-15)19-20-12-17(13-21-19)22-18(24)16-6-4-14(2)5-7-16/h4-7,12-13,15H,3,8-11H2,1-2H3,(H,22,24). The first-order valence-electron chi connectivity index (χ1n) is 8.60. The van der Waals surface area contributed by atoms with Crippen molar-refractivity contribution in [2.45, 2.75) is 33.1 Å². The van der Waals surface area contributed by atoms with Crippen molar-refractivity contribution in [1.82, 2.24) is 9.97 Å². The molecule has 2 heterocycles. The van der Waals surface area contributed by atoms with Gasteiger partial charge in [0.1, 0.15) is 0 Å². The van der Waals surface area contributed by atoms with Crippen molar-refractivity contribution in [2.75, 3.05) is 23.3 Å². The minimum Gasteiger partial charge on any atom is -0.341 e. The van der Waals surface area contributed by atoms with E-state index in [1.165, 1.54) is 19.3 Å². The number of aromatic nitrogens is 2. The molecule has 0 unspecified atom stereocenters. The van der Waals surface area contributed by atoms with Crippen LogP contribution in [-0.4, -0.2) is 29.0 Å². The van der Waals surface area contributed by atoms with Crippen LogP contribution in [0.4, 0.5) is 11.6 Å². The molecule has 1 aliphatic rings. The predicted molar refractivity (Wildman–Crippen MR) is 96.4 cm³/mol. The van der Waals surface area contributed by atoms with Crippen LogP contribution in [0, 0.1) is 12.8 Å². The number of piperidine rings is 1. The van der Waals surface area contributed by atoms with E-state index in [1.54, 1.807) is 12.4 Å². The van der Waals surface area contributed by atoms with E-state index in [4.69, 9.17) is 0 Å². The van der Waals surface area contributed by atoms with Gasteiger partial charge in [0.2, 0.25) is 5.95 Å². The fourth-order valence-electron chi connectivity index (χ4n) is 3.00. The van der Waals surface area contributed by atoms with Crippen LogP contribution in [0.25, 0.3) is 0 Å². The summed E-state index contributed by atoms with van der Waals surface area (Å²) in [5, 5.41) is 2.84. The summed E-state index contributed by atoms with van der Waals surface area (Å²) < 4.78 is 0. The Kier molecular flexibility index (Phi) is 5.08. The molecular weight excluding hydrogens is 300 g/mol. The number of aryl methyl sites for hydroxylation is 1. The van der Waals surface area contributed by atoms with Crippen LogP contribution in [0.2, 0.25) is 0 Å². The van der Waals surface area contributed by atoms with Gasteiger partial charge in [0.05, 0.1) is 18.1 Å². The Bertz CT molecular complexity index is 674. The van der Waals surface area contributed by atoms with E-state index >= 15 is 0 Å². The predicted octanol–water partition coefficient (Wildman–Crippen LogP) is 3.66. The Morgan fingerprint density at radius 2 is 1.79 bits per heavy atom. The summed E-state index contributed by atoms with van der Waals surface area (Å²) in [7, 11) is 0. The maximum atomic E-state index is 12.2. The highest BCUT2D eigenvalue weighted by Crippen LogP contribution is 2.23. The van der Waals surface area contributed by atoms with Gasteiger partial charge in [0, 0.05) is 18.7 Å². The van der Waals surface area contributed by atoms with E-state index in [2.05, 4.69) is 27.1 Å². The molecule has 5 heteroatoms. The lowest BCUT2D eigenvalue weighted by Crippen LogP contribution is -2.34. The van der Waals surface area contributed by atoms with E-state index in [0.717, 1.165) is 30.5 Å². The molecule has 1 aromatic heterocycles. The fourth-order valence-corrected chi connectivity index (χ4v) is 3.00. The molecule has 1 saturated heterocycles. The van der Waals surface area contributed by atoms with Gasteiger partial charge in [-0.3, -0.25) is 4.79 Å². The second kappa shape index (κ2) is 7.43. The highest BCUT2D eigenvalue weighted by Gasteiger charge is 2.19. The molecule has 2 aromatic rings. The summed E-state index contributed by atoms with van der Waals surface area (Å²) in [5.74, 6) is 1.43. The molecule has 1 amide bonds. The SMILES string of the molecule is CCC1CCN(c2ncc(NC(=O)c3ccc(C)cc3)cn2)CC1. The van der Waals surface area contributed by atoms with E-state index in [9.17, 15) is 4.79 Å². The third-order valence-electron chi connectivity index (χ3n) is 4.68. The first-order valence-corrected chi connectivity index (χ1v) is 8.60. The molecule has 0 bridgehead atoms. The molecule has 0 aliphatic carbocycles. The van der Waals surface area contributed by atoms with Crippen molar-refractivity contribution in [3.05, 3.63) is 47.8 Å². The van der Waals surface area contributed by atoms with Gasteiger partial charge in [-0.1, -0.05) is 31.0 Å². The van der Waals surface area contributed by atoms with Crippen LogP contribution < -0.4 is 10.2 Å². The molecule has 1 fully saturated rings. The van der Waals surface area contributed by atoms with Crippen molar-refractivity contribution < 1.29 is 4.79 Å². The highest BCUT2D eigenvalue weighted by molar-refractivity contribution is 6.04. The maximum absolute atomic E-state index is 12.2. The fraction of sp³-hybridized carbons (Fsp3) is 0.421. The third-order valence-corrected chi connectivity index (χ3v) is 4.68. The van der Waals surface area contributed by atoms with Crippen LogP contribution in [0.5, 0.6) is 0 Å². The van der Waals surface area contributed by atoms with Gasteiger partial charge in [-0.2, -0.15) is 0 Å². The first kappa shape index (κ1) is 16.4. The monoisotopic (exact) mass is 324 g/mol. The van der Waals surface area contributed by atoms with Crippen molar-refractivity contribution in [1.29, 1.82) is 0 Å². The average Bonchev–Trinajstić information content (AvgIpc) is 2.63. The Morgan fingerprint density at radius 1 is 1.17 bits per heavy atom.